The number of benzene rings is 2. The highest BCUT2D eigenvalue weighted by Crippen LogP contribution is 2.25. The van der Waals surface area contributed by atoms with Crippen LogP contribution in [0.4, 0.5) is 0 Å². The summed E-state index contributed by atoms with van der Waals surface area (Å²) in [5.74, 6) is -0.336. The van der Waals surface area contributed by atoms with Crippen molar-refractivity contribution in [2.75, 3.05) is 5.75 Å². The molecule has 0 aliphatic rings. The Labute approximate surface area is 196 Å². The van der Waals surface area contributed by atoms with Crippen LogP contribution in [-0.4, -0.2) is 33.5 Å². The highest BCUT2D eigenvalue weighted by atomic mass is 32.2. The number of nitrogens with zero attached hydrogens (tertiary/aromatic N) is 1. The second-order valence-corrected chi connectivity index (χ2v) is 12.5. The third-order valence-corrected chi connectivity index (χ3v) is 9.67. The maximum atomic E-state index is 13.0. The van der Waals surface area contributed by atoms with Crippen LogP contribution >= 0.6 is 11.3 Å². The first-order chi connectivity index (χ1) is 15.7. The first-order valence-electron chi connectivity index (χ1n) is 9.99. The topological polar surface area (TPSA) is 110 Å². The Balaban J connectivity index is 1.48. The second kappa shape index (κ2) is 9.05. The number of aromatic nitrogens is 1. The van der Waals surface area contributed by atoms with E-state index in [1.165, 1.54) is 54.7 Å². The number of carbonyl (C=O) groups excluding carboxylic acids is 1. The zero-order valence-electron chi connectivity index (χ0n) is 17.6. The molecule has 0 spiro atoms. The van der Waals surface area contributed by atoms with Gasteiger partial charge in [0.2, 0.25) is 9.84 Å². The van der Waals surface area contributed by atoms with Gasteiger partial charge in [-0.15, -0.1) is 11.3 Å². The molecule has 4 rings (SSSR count). The summed E-state index contributed by atoms with van der Waals surface area (Å²) < 4.78 is 51.1. The number of sulfone groups is 2. The lowest BCUT2D eigenvalue weighted by atomic mass is 10.2. The third kappa shape index (κ3) is 4.82. The van der Waals surface area contributed by atoms with Gasteiger partial charge in [0.15, 0.2) is 9.84 Å². The number of rotatable bonds is 7. The predicted molar refractivity (Wildman–Crippen MR) is 127 cm³/mol. The monoisotopic (exact) mass is 500 g/mol. The Morgan fingerprint density at radius 3 is 2.36 bits per heavy atom. The van der Waals surface area contributed by atoms with Crippen LogP contribution in [0.25, 0.3) is 10.1 Å². The molecule has 2 heterocycles. The summed E-state index contributed by atoms with van der Waals surface area (Å²) in [5, 5.41) is 3.78. The van der Waals surface area contributed by atoms with Crippen LogP contribution in [0.2, 0.25) is 0 Å². The van der Waals surface area contributed by atoms with Crippen molar-refractivity contribution >= 4 is 47.0 Å². The molecule has 0 atom stereocenters. The van der Waals surface area contributed by atoms with Crippen molar-refractivity contribution in [3.8, 4) is 0 Å². The quantitative estimate of drug-likeness (QED) is 0.413. The molecule has 0 bridgehead atoms. The van der Waals surface area contributed by atoms with Gasteiger partial charge in [-0.05, 0) is 53.4 Å². The minimum Gasteiger partial charge on any atom is -0.347 e. The van der Waals surface area contributed by atoms with E-state index in [-0.39, 0.29) is 32.9 Å². The first-order valence-corrected chi connectivity index (χ1v) is 13.9. The van der Waals surface area contributed by atoms with Crippen LogP contribution in [0.3, 0.4) is 0 Å². The summed E-state index contributed by atoms with van der Waals surface area (Å²) >= 11 is 1.35. The largest absolute Gasteiger partial charge is 0.347 e. The van der Waals surface area contributed by atoms with Crippen molar-refractivity contribution in [2.45, 2.75) is 28.2 Å². The van der Waals surface area contributed by atoms with Crippen LogP contribution in [0, 0.1) is 0 Å². The zero-order chi connectivity index (χ0) is 23.6. The average molecular weight is 501 g/mol. The van der Waals surface area contributed by atoms with Gasteiger partial charge in [-0.25, -0.2) is 16.8 Å². The minimum atomic E-state index is -3.89. The number of thiophene rings is 1. The summed E-state index contributed by atoms with van der Waals surface area (Å²) in [6.07, 6.45) is 3.38. The summed E-state index contributed by atoms with van der Waals surface area (Å²) in [5.41, 5.74) is 0.729. The number of amides is 1. The van der Waals surface area contributed by atoms with Gasteiger partial charge in [0.1, 0.15) is 0 Å². The van der Waals surface area contributed by atoms with Gasteiger partial charge in [-0.2, -0.15) is 0 Å². The lowest BCUT2D eigenvalue weighted by Crippen LogP contribution is -2.21. The molecular weight excluding hydrogens is 480 g/mol. The number of hydrogen-bond donors (Lipinski definition) is 1. The molecule has 2 aromatic carbocycles. The number of pyridine rings is 1. The number of nitrogens with one attached hydrogen (secondary N) is 1. The van der Waals surface area contributed by atoms with Gasteiger partial charge in [0.25, 0.3) is 5.91 Å². The van der Waals surface area contributed by atoms with E-state index in [2.05, 4.69) is 10.3 Å². The molecule has 0 radical (unpaired) electrons. The second-order valence-electron chi connectivity index (χ2n) is 7.23. The number of carbonyl (C=O) groups is 1. The van der Waals surface area contributed by atoms with E-state index in [4.69, 9.17) is 0 Å². The van der Waals surface area contributed by atoms with E-state index in [1.54, 1.807) is 30.6 Å². The molecule has 1 N–H and O–H groups in total. The van der Waals surface area contributed by atoms with E-state index >= 15 is 0 Å². The molecule has 4 aromatic rings. The average Bonchev–Trinajstić information content (AvgIpc) is 3.27. The highest BCUT2D eigenvalue weighted by molar-refractivity contribution is 7.92. The molecule has 0 unspecified atom stereocenters. The molecule has 0 saturated heterocycles. The fourth-order valence-electron chi connectivity index (χ4n) is 3.19. The molecule has 170 valence electrons. The van der Waals surface area contributed by atoms with Crippen LogP contribution < -0.4 is 5.32 Å². The van der Waals surface area contributed by atoms with E-state index < -0.39 is 19.7 Å². The zero-order valence-corrected chi connectivity index (χ0v) is 20.0. The lowest BCUT2D eigenvalue weighted by Gasteiger charge is -2.09. The molecule has 1 amide bonds. The predicted octanol–water partition coefficient (Wildman–Crippen LogP) is 3.85. The molecule has 0 aliphatic carbocycles. The molecule has 2 aromatic heterocycles. The van der Waals surface area contributed by atoms with Crippen molar-refractivity contribution in [1.82, 2.24) is 10.3 Å². The van der Waals surface area contributed by atoms with Crippen molar-refractivity contribution < 1.29 is 21.6 Å². The molecule has 10 heteroatoms. The van der Waals surface area contributed by atoms with Crippen LogP contribution in [0.15, 0.2) is 87.7 Å². The van der Waals surface area contributed by atoms with Gasteiger partial charge in [-0.1, -0.05) is 25.1 Å². The molecule has 0 saturated carbocycles. The van der Waals surface area contributed by atoms with Crippen molar-refractivity contribution in [3.63, 3.8) is 0 Å². The summed E-state index contributed by atoms with van der Waals surface area (Å²) in [6.45, 7) is 1.74. The Morgan fingerprint density at radius 2 is 1.67 bits per heavy atom. The maximum Gasteiger partial charge on any atom is 0.261 e. The minimum absolute atomic E-state index is 0.0255. The van der Waals surface area contributed by atoms with E-state index in [0.29, 0.717) is 4.88 Å². The van der Waals surface area contributed by atoms with Gasteiger partial charge >= 0.3 is 0 Å². The molecule has 0 fully saturated rings. The lowest BCUT2D eigenvalue weighted by molar-refractivity contribution is 0.0955. The SMILES string of the molecule is CCS(=O)(=O)c1cccc(S(=O)(=O)c2ccc(CNC(=O)c3cc4ccncc4s3)cc2)c1. The van der Waals surface area contributed by atoms with Crippen LogP contribution in [0.1, 0.15) is 22.2 Å². The standard InChI is InChI=1S/C23H20N2O5S3/c1-2-32(27,28)19-4-3-5-20(13-19)33(29,30)18-8-6-16(7-9-18)14-25-23(26)21-12-17-10-11-24-15-22(17)31-21/h3-13,15H,2,14H2,1H3,(H,25,26). The molecule has 0 aliphatic heterocycles. The fourth-order valence-corrected chi connectivity index (χ4v) is 6.44. The van der Waals surface area contributed by atoms with Crippen molar-refractivity contribution in [3.05, 3.63) is 83.5 Å². The van der Waals surface area contributed by atoms with Crippen LogP contribution in [-0.2, 0) is 26.2 Å². The summed E-state index contributed by atoms with van der Waals surface area (Å²) in [7, 11) is -7.42. The van der Waals surface area contributed by atoms with Crippen molar-refractivity contribution in [2.24, 2.45) is 0 Å². The molecule has 33 heavy (non-hydrogen) atoms. The van der Waals surface area contributed by atoms with Gasteiger partial charge in [0.05, 0.1) is 30.0 Å². The van der Waals surface area contributed by atoms with Gasteiger partial charge in [-0.3, -0.25) is 9.78 Å². The molecular formula is C23H20N2O5S3. The maximum absolute atomic E-state index is 13.0. The first kappa shape index (κ1) is 23.1. The number of hydrogen-bond acceptors (Lipinski definition) is 7. The Hall–Kier alpha value is -3.08. The van der Waals surface area contributed by atoms with Gasteiger partial charge < -0.3 is 5.32 Å². The van der Waals surface area contributed by atoms with Crippen molar-refractivity contribution in [1.29, 1.82) is 0 Å². The summed E-state index contributed by atoms with van der Waals surface area (Å²) in [6, 6.07) is 15.1. The van der Waals surface area contributed by atoms with E-state index in [0.717, 1.165) is 15.6 Å². The fraction of sp³-hybridized carbons (Fsp3) is 0.130. The smallest absolute Gasteiger partial charge is 0.261 e. The molecule has 7 nitrogen and oxygen atoms in total. The van der Waals surface area contributed by atoms with E-state index in [9.17, 15) is 21.6 Å². The van der Waals surface area contributed by atoms with E-state index in [1.807, 2.05) is 6.07 Å². The Bertz CT molecular complexity index is 1510. The van der Waals surface area contributed by atoms with Gasteiger partial charge in [0, 0.05) is 18.9 Å². The highest BCUT2D eigenvalue weighted by Gasteiger charge is 2.21. The number of fused-ring (bicyclic) bond motifs is 1. The normalized spacial score (nSPS) is 12.0. The third-order valence-electron chi connectivity index (χ3n) is 5.09. The Kier molecular flexibility index (Phi) is 6.33. The van der Waals surface area contributed by atoms with Crippen LogP contribution in [0.5, 0.6) is 0 Å². The Morgan fingerprint density at radius 1 is 0.939 bits per heavy atom. The summed E-state index contributed by atoms with van der Waals surface area (Å²) in [4.78, 5) is 17.0.